The standard InChI is InChI=1S/C11H21NO/c1-10(2)5-8-12-7-3-4-11(13)6-9-12/h5,11,13H,3-4,6-9H2,1-2H3. The summed E-state index contributed by atoms with van der Waals surface area (Å²) in [7, 11) is 0. The van der Waals surface area contributed by atoms with E-state index in [-0.39, 0.29) is 6.10 Å². The minimum atomic E-state index is -0.0586. The SMILES string of the molecule is CC(C)=CCN1CCCC(O)CC1. The lowest BCUT2D eigenvalue weighted by atomic mass is 10.2. The summed E-state index contributed by atoms with van der Waals surface area (Å²) in [6.07, 6.45) is 5.26. The molecule has 1 fully saturated rings. The van der Waals surface area contributed by atoms with Gasteiger partial charge >= 0.3 is 0 Å². The Labute approximate surface area is 81.2 Å². The minimum absolute atomic E-state index is 0.0586. The highest BCUT2D eigenvalue weighted by atomic mass is 16.3. The first kappa shape index (κ1) is 10.7. The van der Waals surface area contributed by atoms with E-state index in [4.69, 9.17) is 0 Å². The normalized spacial score (nSPS) is 25.3. The molecule has 0 amide bonds. The van der Waals surface area contributed by atoms with Crippen molar-refractivity contribution in [3.8, 4) is 0 Å². The molecule has 2 heteroatoms. The molecule has 13 heavy (non-hydrogen) atoms. The highest BCUT2D eigenvalue weighted by Crippen LogP contribution is 2.10. The van der Waals surface area contributed by atoms with Crippen molar-refractivity contribution in [2.45, 2.75) is 39.2 Å². The van der Waals surface area contributed by atoms with Crippen LogP contribution in [0.1, 0.15) is 33.1 Å². The highest BCUT2D eigenvalue weighted by Gasteiger charge is 2.13. The van der Waals surface area contributed by atoms with E-state index in [1.807, 2.05) is 0 Å². The third kappa shape index (κ3) is 4.44. The van der Waals surface area contributed by atoms with Crippen molar-refractivity contribution >= 4 is 0 Å². The van der Waals surface area contributed by atoms with E-state index in [2.05, 4.69) is 24.8 Å². The van der Waals surface area contributed by atoms with Crippen molar-refractivity contribution in [2.24, 2.45) is 0 Å². The zero-order chi connectivity index (χ0) is 9.68. The van der Waals surface area contributed by atoms with Gasteiger partial charge in [0, 0.05) is 13.1 Å². The van der Waals surface area contributed by atoms with Crippen LogP contribution >= 0.6 is 0 Å². The van der Waals surface area contributed by atoms with Crippen molar-refractivity contribution in [3.05, 3.63) is 11.6 Å². The summed E-state index contributed by atoms with van der Waals surface area (Å²) in [5.41, 5.74) is 1.38. The van der Waals surface area contributed by atoms with Gasteiger partial charge in [-0.2, -0.15) is 0 Å². The van der Waals surface area contributed by atoms with E-state index in [1.54, 1.807) is 0 Å². The van der Waals surface area contributed by atoms with Gasteiger partial charge in [-0.25, -0.2) is 0 Å². The Hall–Kier alpha value is -0.340. The maximum Gasteiger partial charge on any atom is 0.0553 e. The largest absolute Gasteiger partial charge is 0.393 e. The molecule has 76 valence electrons. The second-order valence-corrected chi connectivity index (χ2v) is 4.17. The van der Waals surface area contributed by atoms with Crippen LogP contribution in [-0.2, 0) is 0 Å². The number of allylic oxidation sites excluding steroid dienone is 1. The summed E-state index contributed by atoms with van der Waals surface area (Å²) in [6.45, 7) is 7.50. The third-order valence-corrected chi connectivity index (χ3v) is 2.55. The van der Waals surface area contributed by atoms with Gasteiger partial charge in [0.05, 0.1) is 6.10 Å². The molecular weight excluding hydrogens is 162 g/mol. The monoisotopic (exact) mass is 183 g/mol. The molecule has 0 aromatic rings. The van der Waals surface area contributed by atoms with Crippen LogP contribution in [0, 0.1) is 0 Å². The van der Waals surface area contributed by atoms with Crippen LogP contribution in [0.15, 0.2) is 11.6 Å². The van der Waals surface area contributed by atoms with Crippen LogP contribution in [0.2, 0.25) is 0 Å². The molecule has 0 aliphatic carbocycles. The van der Waals surface area contributed by atoms with E-state index in [0.717, 1.165) is 38.9 Å². The number of hydrogen-bond donors (Lipinski definition) is 1. The molecule has 1 heterocycles. The topological polar surface area (TPSA) is 23.5 Å². The summed E-state index contributed by atoms with van der Waals surface area (Å²) in [6, 6.07) is 0. The van der Waals surface area contributed by atoms with Gasteiger partial charge in [-0.3, -0.25) is 4.90 Å². The maximum absolute atomic E-state index is 9.44. The van der Waals surface area contributed by atoms with Crippen LogP contribution in [0.5, 0.6) is 0 Å². The van der Waals surface area contributed by atoms with Gasteiger partial charge in [-0.1, -0.05) is 11.6 Å². The Morgan fingerprint density at radius 3 is 2.85 bits per heavy atom. The predicted molar refractivity (Wildman–Crippen MR) is 55.7 cm³/mol. The van der Waals surface area contributed by atoms with Gasteiger partial charge in [0.25, 0.3) is 0 Å². The Morgan fingerprint density at radius 1 is 1.38 bits per heavy atom. The van der Waals surface area contributed by atoms with Crippen LogP contribution in [-0.4, -0.2) is 35.7 Å². The first-order valence-corrected chi connectivity index (χ1v) is 5.22. The maximum atomic E-state index is 9.44. The number of hydrogen-bond acceptors (Lipinski definition) is 2. The average molecular weight is 183 g/mol. The lowest BCUT2D eigenvalue weighted by molar-refractivity contribution is 0.156. The molecule has 0 saturated carbocycles. The molecule has 0 bridgehead atoms. The number of rotatable bonds is 2. The quantitative estimate of drug-likeness (QED) is 0.660. The zero-order valence-corrected chi connectivity index (χ0v) is 8.79. The fourth-order valence-corrected chi connectivity index (χ4v) is 1.63. The summed E-state index contributed by atoms with van der Waals surface area (Å²) in [5.74, 6) is 0. The number of likely N-dealkylation sites (tertiary alicyclic amines) is 1. The zero-order valence-electron chi connectivity index (χ0n) is 8.79. The van der Waals surface area contributed by atoms with E-state index in [1.165, 1.54) is 5.57 Å². The van der Waals surface area contributed by atoms with Crippen LogP contribution in [0.4, 0.5) is 0 Å². The second-order valence-electron chi connectivity index (χ2n) is 4.17. The summed E-state index contributed by atoms with van der Waals surface area (Å²) in [5, 5.41) is 9.44. The fraction of sp³-hybridized carbons (Fsp3) is 0.818. The lowest BCUT2D eigenvalue weighted by Crippen LogP contribution is -2.25. The van der Waals surface area contributed by atoms with Gasteiger partial charge < -0.3 is 5.11 Å². The van der Waals surface area contributed by atoms with Gasteiger partial charge in [0.15, 0.2) is 0 Å². The molecule has 1 N–H and O–H groups in total. The molecule has 1 unspecified atom stereocenters. The van der Waals surface area contributed by atoms with Crippen molar-refractivity contribution in [1.29, 1.82) is 0 Å². The van der Waals surface area contributed by atoms with E-state index >= 15 is 0 Å². The molecule has 0 aromatic heterocycles. The number of nitrogens with zero attached hydrogens (tertiary/aromatic N) is 1. The highest BCUT2D eigenvalue weighted by molar-refractivity contribution is 4.95. The Bertz CT molecular complexity index is 173. The van der Waals surface area contributed by atoms with Crippen LogP contribution < -0.4 is 0 Å². The predicted octanol–water partition coefficient (Wildman–Crippen LogP) is 1.80. The summed E-state index contributed by atoms with van der Waals surface area (Å²) in [4.78, 5) is 2.42. The molecule has 0 spiro atoms. The van der Waals surface area contributed by atoms with Crippen LogP contribution in [0.3, 0.4) is 0 Å². The number of aliphatic hydroxyl groups excluding tert-OH is 1. The lowest BCUT2D eigenvalue weighted by Gasteiger charge is -2.17. The summed E-state index contributed by atoms with van der Waals surface area (Å²) < 4.78 is 0. The van der Waals surface area contributed by atoms with E-state index < -0.39 is 0 Å². The Morgan fingerprint density at radius 2 is 2.15 bits per heavy atom. The van der Waals surface area contributed by atoms with E-state index in [0.29, 0.717) is 0 Å². The first-order chi connectivity index (χ1) is 6.18. The molecule has 1 rings (SSSR count). The van der Waals surface area contributed by atoms with Crippen molar-refractivity contribution < 1.29 is 5.11 Å². The third-order valence-electron chi connectivity index (χ3n) is 2.55. The Kier molecular flexibility index (Phi) is 4.46. The second kappa shape index (κ2) is 5.40. The molecule has 1 saturated heterocycles. The average Bonchev–Trinajstić information content (AvgIpc) is 2.27. The van der Waals surface area contributed by atoms with Crippen molar-refractivity contribution in [2.75, 3.05) is 19.6 Å². The van der Waals surface area contributed by atoms with Crippen LogP contribution in [0.25, 0.3) is 0 Å². The molecule has 2 nitrogen and oxygen atoms in total. The van der Waals surface area contributed by atoms with E-state index in [9.17, 15) is 5.11 Å². The van der Waals surface area contributed by atoms with Gasteiger partial charge in [-0.15, -0.1) is 0 Å². The molecule has 0 radical (unpaired) electrons. The number of aliphatic hydroxyl groups is 1. The smallest absolute Gasteiger partial charge is 0.0553 e. The molecule has 1 aliphatic rings. The fourth-order valence-electron chi connectivity index (χ4n) is 1.63. The first-order valence-electron chi connectivity index (χ1n) is 5.22. The molecular formula is C11H21NO. The Balaban J connectivity index is 2.30. The van der Waals surface area contributed by atoms with Gasteiger partial charge in [0.2, 0.25) is 0 Å². The molecule has 1 atom stereocenters. The molecule has 1 aliphatic heterocycles. The molecule has 0 aromatic carbocycles. The summed E-state index contributed by atoms with van der Waals surface area (Å²) >= 11 is 0. The van der Waals surface area contributed by atoms with Gasteiger partial charge in [-0.05, 0) is 39.7 Å². The van der Waals surface area contributed by atoms with Crippen molar-refractivity contribution in [1.82, 2.24) is 4.90 Å². The van der Waals surface area contributed by atoms with Crippen molar-refractivity contribution in [3.63, 3.8) is 0 Å². The van der Waals surface area contributed by atoms with Gasteiger partial charge in [0.1, 0.15) is 0 Å². The minimum Gasteiger partial charge on any atom is -0.393 e.